The highest BCUT2D eigenvalue weighted by Gasteiger charge is 2.33. The molecular formula is C25H27N3O5S. The van der Waals surface area contributed by atoms with Crippen molar-refractivity contribution >= 4 is 21.7 Å². The smallest absolute Gasteiger partial charge is 0.342 e. The zero-order valence-electron chi connectivity index (χ0n) is 19.4. The van der Waals surface area contributed by atoms with E-state index in [4.69, 9.17) is 4.74 Å². The fraction of sp³-hybridized carbons (Fsp3) is 0.320. The largest absolute Gasteiger partial charge is 0.452 e. The number of benzene rings is 2. The number of likely N-dealkylation sites (N-methyl/N-ethyl adjacent to an activating group) is 1. The molecule has 1 aromatic heterocycles. The maximum absolute atomic E-state index is 13.1. The van der Waals surface area contributed by atoms with Crippen molar-refractivity contribution in [2.24, 2.45) is 0 Å². The summed E-state index contributed by atoms with van der Waals surface area (Å²) in [6.45, 7) is 3.47. The van der Waals surface area contributed by atoms with Gasteiger partial charge in [0.25, 0.3) is 5.91 Å². The number of ether oxygens (including phenoxy) is 1. The molecular weight excluding hydrogens is 454 g/mol. The Hall–Kier alpha value is -3.46. The second-order valence-electron chi connectivity index (χ2n) is 8.63. The van der Waals surface area contributed by atoms with Crippen LogP contribution >= 0.6 is 0 Å². The molecule has 0 bridgehead atoms. The molecule has 1 aliphatic heterocycles. The average Bonchev–Trinajstić information content (AvgIpc) is 3.41. The molecule has 2 heterocycles. The third-order valence-corrected chi connectivity index (χ3v) is 7.82. The summed E-state index contributed by atoms with van der Waals surface area (Å²) in [6, 6.07) is 14.9. The van der Waals surface area contributed by atoms with Gasteiger partial charge in [0.05, 0.1) is 17.2 Å². The standard InChI is InChI=1S/C25H27N3O5S/c1-17-9-10-21(18(2)13-17)24-22(14-28(26-24)19-7-5-4-6-8-19)25(30)33-15-23(29)27(3)20-11-12-34(31,32)16-20/h4-10,13-14,20H,11-12,15-16H2,1-3H3. The molecule has 34 heavy (non-hydrogen) atoms. The van der Waals surface area contributed by atoms with Crippen LogP contribution in [0.4, 0.5) is 0 Å². The predicted molar refractivity (Wildman–Crippen MR) is 129 cm³/mol. The van der Waals surface area contributed by atoms with Crippen LogP contribution in [0.3, 0.4) is 0 Å². The van der Waals surface area contributed by atoms with Crippen molar-refractivity contribution < 1.29 is 22.7 Å². The van der Waals surface area contributed by atoms with Gasteiger partial charge < -0.3 is 9.64 Å². The lowest BCUT2D eigenvalue weighted by atomic mass is 10.0. The van der Waals surface area contributed by atoms with E-state index in [1.165, 1.54) is 11.9 Å². The molecule has 0 radical (unpaired) electrons. The Balaban J connectivity index is 1.57. The quantitative estimate of drug-likeness (QED) is 0.502. The minimum absolute atomic E-state index is 0.0625. The van der Waals surface area contributed by atoms with Gasteiger partial charge in [-0.15, -0.1) is 0 Å². The van der Waals surface area contributed by atoms with Crippen molar-refractivity contribution in [2.45, 2.75) is 26.3 Å². The first-order valence-electron chi connectivity index (χ1n) is 11.0. The monoisotopic (exact) mass is 481 g/mol. The van der Waals surface area contributed by atoms with Gasteiger partial charge in [0, 0.05) is 24.8 Å². The van der Waals surface area contributed by atoms with Gasteiger partial charge in [-0.25, -0.2) is 17.9 Å². The van der Waals surface area contributed by atoms with E-state index in [1.54, 1.807) is 10.9 Å². The molecule has 0 saturated carbocycles. The van der Waals surface area contributed by atoms with Crippen molar-refractivity contribution in [3.8, 4) is 16.9 Å². The molecule has 0 N–H and O–H groups in total. The number of hydrogen-bond donors (Lipinski definition) is 0. The highest BCUT2D eigenvalue weighted by Crippen LogP contribution is 2.28. The van der Waals surface area contributed by atoms with E-state index in [0.29, 0.717) is 12.1 Å². The molecule has 178 valence electrons. The SMILES string of the molecule is Cc1ccc(-c2nn(-c3ccccc3)cc2C(=O)OCC(=O)N(C)C2CCS(=O)(=O)C2)c(C)c1. The van der Waals surface area contributed by atoms with Gasteiger partial charge in [0.1, 0.15) is 11.3 Å². The van der Waals surface area contributed by atoms with Gasteiger partial charge in [0.15, 0.2) is 16.4 Å². The zero-order valence-corrected chi connectivity index (χ0v) is 20.2. The first-order valence-corrected chi connectivity index (χ1v) is 12.8. The summed E-state index contributed by atoms with van der Waals surface area (Å²) in [5, 5.41) is 4.66. The normalized spacial score (nSPS) is 16.9. The van der Waals surface area contributed by atoms with Crippen molar-refractivity contribution in [3.05, 3.63) is 71.4 Å². The van der Waals surface area contributed by atoms with Crippen LogP contribution in [0.15, 0.2) is 54.7 Å². The number of carbonyl (C=O) groups excluding carboxylic acids is 2. The minimum atomic E-state index is -3.13. The number of aromatic nitrogens is 2. The molecule has 3 aromatic rings. The number of carbonyl (C=O) groups is 2. The van der Waals surface area contributed by atoms with E-state index >= 15 is 0 Å². The highest BCUT2D eigenvalue weighted by atomic mass is 32.2. The first-order chi connectivity index (χ1) is 16.1. The van der Waals surface area contributed by atoms with Gasteiger partial charge in [-0.2, -0.15) is 5.10 Å². The maximum Gasteiger partial charge on any atom is 0.342 e. The molecule has 9 heteroatoms. The number of hydrogen-bond acceptors (Lipinski definition) is 6. The number of nitrogens with zero attached hydrogens (tertiary/aromatic N) is 3. The number of sulfone groups is 1. The fourth-order valence-corrected chi connectivity index (χ4v) is 5.88. The second kappa shape index (κ2) is 9.42. The van der Waals surface area contributed by atoms with E-state index in [-0.39, 0.29) is 17.1 Å². The molecule has 1 fully saturated rings. The highest BCUT2D eigenvalue weighted by molar-refractivity contribution is 7.91. The summed E-state index contributed by atoms with van der Waals surface area (Å²) < 4.78 is 30.4. The number of para-hydroxylation sites is 1. The molecule has 0 spiro atoms. The van der Waals surface area contributed by atoms with Crippen LogP contribution in [0.2, 0.25) is 0 Å². The van der Waals surface area contributed by atoms with E-state index in [0.717, 1.165) is 22.4 Å². The van der Waals surface area contributed by atoms with Crippen LogP contribution in [0, 0.1) is 13.8 Å². The predicted octanol–water partition coefficient (Wildman–Crippen LogP) is 2.96. The molecule has 4 rings (SSSR count). The molecule has 1 aliphatic rings. The van der Waals surface area contributed by atoms with Crippen molar-refractivity contribution in [3.63, 3.8) is 0 Å². The van der Waals surface area contributed by atoms with Crippen LogP contribution < -0.4 is 0 Å². The second-order valence-corrected chi connectivity index (χ2v) is 10.9. The Labute approximate surface area is 199 Å². The van der Waals surface area contributed by atoms with Crippen LogP contribution in [-0.4, -0.2) is 66.2 Å². The number of amides is 1. The number of aryl methyl sites for hydroxylation is 2. The molecule has 8 nitrogen and oxygen atoms in total. The van der Waals surface area contributed by atoms with Crippen LogP contribution in [-0.2, 0) is 19.4 Å². The maximum atomic E-state index is 13.1. The lowest BCUT2D eigenvalue weighted by molar-refractivity contribution is -0.134. The van der Waals surface area contributed by atoms with Crippen LogP contribution in [0.25, 0.3) is 16.9 Å². The summed E-state index contributed by atoms with van der Waals surface area (Å²) in [6.07, 6.45) is 1.99. The third kappa shape index (κ3) is 5.04. The van der Waals surface area contributed by atoms with Crippen molar-refractivity contribution in [2.75, 3.05) is 25.2 Å². The zero-order chi connectivity index (χ0) is 24.5. The Morgan fingerprint density at radius 3 is 2.53 bits per heavy atom. The summed E-state index contributed by atoms with van der Waals surface area (Å²) in [5.74, 6) is -1.12. The number of rotatable bonds is 6. The van der Waals surface area contributed by atoms with Gasteiger partial charge in [-0.3, -0.25) is 4.79 Å². The van der Waals surface area contributed by atoms with Crippen LogP contribution in [0.1, 0.15) is 27.9 Å². The molecule has 1 atom stereocenters. The van der Waals surface area contributed by atoms with Gasteiger partial charge in [-0.05, 0) is 38.0 Å². The lowest BCUT2D eigenvalue weighted by Gasteiger charge is -2.23. The van der Waals surface area contributed by atoms with Gasteiger partial charge >= 0.3 is 5.97 Å². The lowest BCUT2D eigenvalue weighted by Crippen LogP contribution is -2.40. The summed E-state index contributed by atoms with van der Waals surface area (Å²) in [5.41, 5.74) is 4.35. The van der Waals surface area contributed by atoms with Crippen LogP contribution in [0.5, 0.6) is 0 Å². The molecule has 1 unspecified atom stereocenters. The number of esters is 1. The third-order valence-electron chi connectivity index (χ3n) is 6.07. The molecule has 1 amide bonds. The molecule has 2 aromatic carbocycles. The fourth-order valence-electron chi connectivity index (χ4n) is 4.11. The van der Waals surface area contributed by atoms with Gasteiger partial charge in [-0.1, -0.05) is 42.0 Å². The summed E-state index contributed by atoms with van der Waals surface area (Å²) in [4.78, 5) is 27.0. The van der Waals surface area contributed by atoms with E-state index in [2.05, 4.69) is 5.10 Å². The Kier molecular flexibility index (Phi) is 6.56. The summed E-state index contributed by atoms with van der Waals surface area (Å²) >= 11 is 0. The summed E-state index contributed by atoms with van der Waals surface area (Å²) in [7, 11) is -1.59. The minimum Gasteiger partial charge on any atom is -0.452 e. The molecule has 1 saturated heterocycles. The Morgan fingerprint density at radius 1 is 1.15 bits per heavy atom. The van der Waals surface area contributed by atoms with Crippen molar-refractivity contribution in [1.29, 1.82) is 0 Å². The van der Waals surface area contributed by atoms with Crippen molar-refractivity contribution in [1.82, 2.24) is 14.7 Å². The topological polar surface area (TPSA) is 98.6 Å². The Morgan fingerprint density at radius 2 is 1.88 bits per heavy atom. The van der Waals surface area contributed by atoms with E-state index in [9.17, 15) is 18.0 Å². The molecule has 0 aliphatic carbocycles. The Bertz CT molecular complexity index is 1330. The van der Waals surface area contributed by atoms with E-state index in [1.807, 2.05) is 62.4 Å². The van der Waals surface area contributed by atoms with Gasteiger partial charge in [0.2, 0.25) is 0 Å². The average molecular weight is 482 g/mol. The van der Waals surface area contributed by atoms with E-state index < -0.39 is 34.4 Å². The first kappa shape index (κ1) is 23.7.